The van der Waals surface area contributed by atoms with Gasteiger partial charge in [0.25, 0.3) is 5.91 Å². The van der Waals surface area contributed by atoms with Crippen LogP contribution in [-0.4, -0.2) is 28.6 Å². The normalized spacial score (nSPS) is 11.2. The van der Waals surface area contributed by atoms with E-state index in [1.54, 1.807) is 24.3 Å². The van der Waals surface area contributed by atoms with E-state index in [0.717, 1.165) is 4.96 Å². The zero-order valence-electron chi connectivity index (χ0n) is 11.5. The molecule has 0 spiro atoms. The summed E-state index contributed by atoms with van der Waals surface area (Å²) in [6.45, 7) is 0. The van der Waals surface area contributed by atoms with Gasteiger partial charge in [-0.15, -0.1) is 11.3 Å². The van der Waals surface area contributed by atoms with Crippen LogP contribution >= 0.6 is 22.9 Å². The first-order valence-corrected chi connectivity index (χ1v) is 7.53. The molecule has 0 saturated carbocycles. The lowest BCUT2D eigenvalue weighted by Crippen LogP contribution is -2.17. The zero-order chi connectivity index (χ0) is 15.5. The highest BCUT2D eigenvalue weighted by Crippen LogP contribution is 2.21. The molecule has 8 heteroatoms. The van der Waals surface area contributed by atoms with Gasteiger partial charge in [0.2, 0.25) is 5.88 Å². The van der Waals surface area contributed by atoms with Crippen molar-refractivity contribution in [1.29, 1.82) is 0 Å². The van der Waals surface area contributed by atoms with E-state index >= 15 is 0 Å². The number of ether oxygens (including phenoxy) is 1. The molecular weight excluding hydrogens is 324 g/mol. The van der Waals surface area contributed by atoms with Crippen LogP contribution < -0.4 is 10.2 Å². The number of hydrogen-bond donors (Lipinski definition) is 1. The van der Waals surface area contributed by atoms with Crippen molar-refractivity contribution in [2.45, 2.75) is 0 Å². The monoisotopic (exact) mass is 334 g/mol. The van der Waals surface area contributed by atoms with Gasteiger partial charge in [-0.05, 0) is 18.2 Å². The summed E-state index contributed by atoms with van der Waals surface area (Å²) in [4.78, 5) is 17.0. The lowest BCUT2D eigenvalue weighted by molar-refractivity contribution is 0.0955. The molecule has 0 fully saturated rings. The molecule has 1 amide bonds. The average molecular weight is 335 g/mol. The minimum Gasteiger partial charge on any atom is -0.479 e. The number of carbonyl (C=O) groups excluding carboxylic acids is 1. The second-order valence-electron chi connectivity index (χ2n) is 4.27. The fourth-order valence-corrected chi connectivity index (χ4v) is 2.80. The largest absolute Gasteiger partial charge is 0.479 e. The number of imidazole rings is 1. The van der Waals surface area contributed by atoms with Crippen molar-refractivity contribution in [2.75, 3.05) is 7.11 Å². The van der Waals surface area contributed by atoms with Gasteiger partial charge in [0.1, 0.15) is 5.69 Å². The third-order valence-electron chi connectivity index (χ3n) is 2.90. The number of methoxy groups -OCH3 is 1. The molecule has 0 unspecified atom stereocenters. The molecule has 3 aromatic rings. The molecule has 0 aliphatic heterocycles. The number of hydrogen-bond acceptors (Lipinski definition) is 5. The van der Waals surface area contributed by atoms with Crippen LogP contribution in [0.2, 0.25) is 5.02 Å². The van der Waals surface area contributed by atoms with Crippen molar-refractivity contribution in [2.24, 2.45) is 5.10 Å². The second kappa shape index (κ2) is 6.17. The van der Waals surface area contributed by atoms with Crippen LogP contribution in [-0.2, 0) is 0 Å². The van der Waals surface area contributed by atoms with Crippen molar-refractivity contribution < 1.29 is 9.53 Å². The first kappa shape index (κ1) is 14.6. The number of carbonyl (C=O) groups is 1. The number of hydrazone groups is 1. The van der Waals surface area contributed by atoms with Gasteiger partial charge in [0.15, 0.2) is 4.96 Å². The number of benzene rings is 1. The van der Waals surface area contributed by atoms with Crippen molar-refractivity contribution in [3.63, 3.8) is 0 Å². The van der Waals surface area contributed by atoms with Crippen LogP contribution in [0.5, 0.6) is 5.88 Å². The van der Waals surface area contributed by atoms with Crippen LogP contribution in [0.3, 0.4) is 0 Å². The molecule has 112 valence electrons. The minimum atomic E-state index is -0.344. The number of fused-ring (bicyclic) bond motifs is 1. The average Bonchev–Trinajstić information content (AvgIpc) is 3.09. The molecule has 1 N–H and O–H groups in total. The molecule has 3 rings (SSSR count). The first-order chi connectivity index (χ1) is 10.7. The molecule has 1 aromatic carbocycles. The quantitative estimate of drug-likeness (QED) is 0.589. The van der Waals surface area contributed by atoms with Gasteiger partial charge in [-0.2, -0.15) is 10.1 Å². The maximum absolute atomic E-state index is 12.0. The van der Waals surface area contributed by atoms with Crippen LogP contribution in [0.4, 0.5) is 0 Å². The Labute approximate surface area is 135 Å². The summed E-state index contributed by atoms with van der Waals surface area (Å²) >= 11 is 7.34. The molecule has 2 aromatic heterocycles. The lowest BCUT2D eigenvalue weighted by atomic mass is 10.2. The van der Waals surface area contributed by atoms with E-state index in [1.165, 1.54) is 24.7 Å². The number of halogens is 1. The highest BCUT2D eigenvalue weighted by Gasteiger charge is 2.12. The Balaban J connectivity index is 1.78. The molecule has 0 aliphatic carbocycles. The maximum Gasteiger partial charge on any atom is 0.271 e. The first-order valence-electron chi connectivity index (χ1n) is 6.27. The summed E-state index contributed by atoms with van der Waals surface area (Å²) in [5.41, 5.74) is 3.54. The van der Waals surface area contributed by atoms with E-state index in [0.29, 0.717) is 22.2 Å². The molecule has 0 radical (unpaired) electrons. The van der Waals surface area contributed by atoms with Crippen molar-refractivity contribution in [1.82, 2.24) is 14.8 Å². The molecule has 6 nitrogen and oxygen atoms in total. The van der Waals surface area contributed by atoms with Crippen molar-refractivity contribution in [3.8, 4) is 5.88 Å². The number of nitrogens with one attached hydrogen (secondary N) is 1. The van der Waals surface area contributed by atoms with Gasteiger partial charge in [-0.25, -0.2) is 5.43 Å². The fourth-order valence-electron chi connectivity index (χ4n) is 1.90. The maximum atomic E-state index is 12.0. The fraction of sp³-hybridized carbons (Fsp3) is 0.0714. The Bertz CT molecular complexity index is 856. The number of amides is 1. The number of rotatable bonds is 4. The Morgan fingerprint density at radius 3 is 3.18 bits per heavy atom. The van der Waals surface area contributed by atoms with Crippen molar-refractivity contribution in [3.05, 3.63) is 52.1 Å². The van der Waals surface area contributed by atoms with Crippen LogP contribution in [0.15, 0.2) is 40.9 Å². The summed E-state index contributed by atoms with van der Waals surface area (Å²) in [6, 6.07) is 6.64. The Hall–Kier alpha value is -2.38. The predicted octanol–water partition coefficient (Wildman–Crippen LogP) is 2.82. The molecular formula is C14H11ClN4O2S. The molecule has 2 heterocycles. The summed E-state index contributed by atoms with van der Waals surface area (Å²) in [5, 5.41) is 6.36. The topological polar surface area (TPSA) is 68.0 Å². The Kier molecular flexibility index (Phi) is 4.08. The summed E-state index contributed by atoms with van der Waals surface area (Å²) in [7, 11) is 1.54. The van der Waals surface area contributed by atoms with Gasteiger partial charge < -0.3 is 4.74 Å². The second-order valence-corrected chi connectivity index (χ2v) is 5.58. The smallest absolute Gasteiger partial charge is 0.271 e. The van der Waals surface area contributed by atoms with E-state index < -0.39 is 0 Å². The lowest BCUT2D eigenvalue weighted by Gasteiger charge is -2.00. The minimum absolute atomic E-state index is 0.344. The summed E-state index contributed by atoms with van der Waals surface area (Å²) in [6.07, 6.45) is 3.35. The molecule has 22 heavy (non-hydrogen) atoms. The molecule has 0 atom stereocenters. The van der Waals surface area contributed by atoms with Crippen LogP contribution in [0.25, 0.3) is 4.96 Å². The van der Waals surface area contributed by atoms with Gasteiger partial charge in [0.05, 0.1) is 13.3 Å². The van der Waals surface area contributed by atoms with E-state index in [1.807, 2.05) is 16.0 Å². The third-order valence-corrected chi connectivity index (χ3v) is 3.89. The summed E-state index contributed by atoms with van der Waals surface area (Å²) < 4.78 is 7.03. The Morgan fingerprint density at radius 2 is 2.41 bits per heavy atom. The van der Waals surface area contributed by atoms with Gasteiger partial charge in [0, 0.05) is 22.2 Å². The van der Waals surface area contributed by atoms with E-state index in [9.17, 15) is 4.79 Å². The molecule has 0 saturated heterocycles. The number of nitrogens with zero attached hydrogens (tertiary/aromatic N) is 3. The van der Waals surface area contributed by atoms with E-state index in [-0.39, 0.29) is 5.91 Å². The van der Waals surface area contributed by atoms with E-state index in [4.69, 9.17) is 16.3 Å². The zero-order valence-corrected chi connectivity index (χ0v) is 13.1. The standard InChI is InChI=1S/C14H11ClN4O2S/c1-21-13-11(19-5-6-22-14(19)17-13)8-16-18-12(20)9-3-2-4-10(15)7-9/h2-8H,1H3,(H,18,20)/b16-8-. The molecule has 0 aliphatic rings. The van der Waals surface area contributed by atoms with Gasteiger partial charge >= 0.3 is 0 Å². The van der Waals surface area contributed by atoms with Crippen LogP contribution in [0.1, 0.15) is 16.1 Å². The summed E-state index contributed by atoms with van der Waals surface area (Å²) in [5.74, 6) is 0.108. The third kappa shape index (κ3) is 2.81. The SMILES string of the molecule is COc1nc2sccn2c1/C=N\NC(=O)c1cccc(Cl)c1. The molecule has 0 bridgehead atoms. The Morgan fingerprint density at radius 1 is 1.55 bits per heavy atom. The highest BCUT2D eigenvalue weighted by atomic mass is 35.5. The number of aromatic nitrogens is 2. The number of thiazole rings is 1. The van der Waals surface area contributed by atoms with Gasteiger partial charge in [-0.3, -0.25) is 9.20 Å². The highest BCUT2D eigenvalue weighted by molar-refractivity contribution is 7.15. The predicted molar refractivity (Wildman–Crippen MR) is 86.1 cm³/mol. The van der Waals surface area contributed by atoms with E-state index in [2.05, 4.69) is 15.5 Å². The van der Waals surface area contributed by atoms with Crippen LogP contribution in [0, 0.1) is 0 Å². The van der Waals surface area contributed by atoms with Gasteiger partial charge in [-0.1, -0.05) is 17.7 Å². The van der Waals surface area contributed by atoms with Crippen molar-refractivity contribution >= 4 is 40.0 Å².